The summed E-state index contributed by atoms with van der Waals surface area (Å²) in [6, 6.07) is 9.60. The Balaban J connectivity index is 1.84. The van der Waals surface area contributed by atoms with Gasteiger partial charge < -0.3 is 25.0 Å². The molecular weight excluding hydrogens is 390 g/mol. The number of hydrogen-bond acceptors (Lipinski definition) is 6. The lowest BCUT2D eigenvalue weighted by Gasteiger charge is -2.15. The number of carboxylic acid groups (broad SMARTS) is 1. The number of carboxylic acids is 1. The zero-order valence-corrected chi connectivity index (χ0v) is 16.9. The van der Waals surface area contributed by atoms with E-state index in [0.29, 0.717) is 48.8 Å². The molecule has 0 bridgehead atoms. The van der Waals surface area contributed by atoms with Crippen LogP contribution < -0.4 is 14.8 Å². The molecule has 0 fully saturated rings. The van der Waals surface area contributed by atoms with E-state index in [1.165, 1.54) is 6.92 Å². The molecular formula is C22H25NO7. The largest absolute Gasteiger partial charge is 0.507 e. The van der Waals surface area contributed by atoms with Crippen LogP contribution in [0.4, 0.5) is 5.69 Å². The number of rotatable bonds is 10. The molecule has 0 saturated heterocycles. The molecule has 0 atom stereocenters. The fourth-order valence-electron chi connectivity index (χ4n) is 2.78. The Morgan fingerprint density at radius 1 is 1.00 bits per heavy atom. The molecule has 2 rings (SSSR count). The Hall–Kier alpha value is -3.55. The molecule has 0 aliphatic heterocycles. The molecule has 8 nitrogen and oxygen atoms in total. The summed E-state index contributed by atoms with van der Waals surface area (Å²) in [6.45, 7) is 4.13. The van der Waals surface area contributed by atoms with Crippen LogP contribution in [-0.2, 0) is 16.0 Å². The molecule has 3 N–H and O–H groups in total. The Morgan fingerprint density at radius 2 is 1.67 bits per heavy atom. The van der Waals surface area contributed by atoms with Crippen molar-refractivity contribution in [1.82, 2.24) is 0 Å². The van der Waals surface area contributed by atoms with Gasteiger partial charge in [0.05, 0.1) is 18.8 Å². The third-order valence-corrected chi connectivity index (χ3v) is 4.24. The van der Waals surface area contributed by atoms with E-state index in [4.69, 9.17) is 14.6 Å². The average Bonchev–Trinajstić information content (AvgIpc) is 2.71. The van der Waals surface area contributed by atoms with E-state index in [1.807, 2.05) is 6.92 Å². The van der Waals surface area contributed by atoms with Gasteiger partial charge in [0.15, 0.2) is 5.78 Å². The van der Waals surface area contributed by atoms with Crippen LogP contribution in [0, 0.1) is 0 Å². The number of phenolic OH excluding ortho intramolecular Hbond substituents is 1. The number of Topliss-reactive ketones (excluding diaryl/α,β-unsaturated/α-hetero) is 1. The maximum atomic E-state index is 11.6. The quantitative estimate of drug-likeness (QED) is 0.309. The van der Waals surface area contributed by atoms with Crippen molar-refractivity contribution in [3.05, 3.63) is 47.5 Å². The molecule has 0 aliphatic rings. The van der Waals surface area contributed by atoms with Crippen molar-refractivity contribution >= 4 is 23.3 Å². The third-order valence-electron chi connectivity index (χ3n) is 4.24. The van der Waals surface area contributed by atoms with E-state index in [-0.39, 0.29) is 17.1 Å². The van der Waals surface area contributed by atoms with Gasteiger partial charge in [0.25, 0.3) is 0 Å². The highest BCUT2D eigenvalue weighted by Gasteiger charge is 2.16. The Morgan fingerprint density at radius 3 is 2.27 bits per heavy atom. The number of hydrogen-bond donors (Lipinski definition) is 3. The summed E-state index contributed by atoms with van der Waals surface area (Å²) in [5.74, 6) is -1.75. The van der Waals surface area contributed by atoms with Crippen molar-refractivity contribution in [2.45, 2.75) is 33.1 Å². The highest BCUT2D eigenvalue weighted by Crippen LogP contribution is 2.33. The van der Waals surface area contributed by atoms with Gasteiger partial charge in [0, 0.05) is 17.7 Å². The molecule has 2 aromatic rings. The lowest BCUT2D eigenvalue weighted by atomic mass is 10.0. The fraction of sp³-hybridized carbons (Fsp3) is 0.318. The van der Waals surface area contributed by atoms with Crippen molar-refractivity contribution in [2.24, 2.45) is 0 Å². The summed E-state index contributed by atoms with van der Waals surface area (Å²) in [5, 5.41) is 21.2. The fourth-order valence-corrected chi connectivity index (χ4v) is 2.78. The van der Waals surface area contributed by atoms with Crippen LogP contribution in [0.3, 0.4) is 0 Å². The average molecular weight is 415 g/mol. The molecule has 0 spiro atoms. The molecule has 30 heavy (non-hydrogen) atoms. The summed E-state index contributed by atoms with van der Waals surface area (Å²) in [6.07, 6.45) is 1.99. The van der Waals surface area contributed by atoms with Gasteiger partial charge in [0.1, 0.15) is 17.2 Å². The van der Waals surface area contributed by atoms with Crippen molar-refractivity contribution < 1.29 is 34.1 Å². The molecule has 0 aliphatic carbocycles. The zero-order valence-electron chi connectivity index (χ0n) is 16.9. The number of phenols is 1. The maximum absolute atomic E-state index is 11.6. The van der Waals surface area contributed by atoms with Crippen molar-refractivity contribution in [3.63, 3.8) is 0 Å². The van der Waals surface area contributed by atoms with Crippen LogP contribution in [0.1, 0.15) is 42.6 Å². The SMILES string of the molecule is CCCc1c(OCCCOc2ccc(NC(=O)C(=O)O)cc2)ccc(C(C)=O)c1O. The van der Waals surface area contributed by atoms with Crippen molar-refractivity contribution in [3.8, 4) is 17.2 Å². The molecule has 0 heterocycles. The van der Waals surface area contributed by atoms with Crippen LogP contribution in [-0.4, -0.2) is 41.1 Å². The number of aliphatic carboxylic acids is 1. The monoisotopic (exact) mass is 415 g/mol. The van der Waals surface area contributed by atoms with Crippen LogP contribution in [0.2, 0.25) is 0 Å². The van der Waals surface area contributed by atoms with Gasteiger partial charge in [-0.1, -0.05) is 13.3 Å². The maximum Gasteiger partial charge on any atom is 0.394 e. The van der Waals surface area contributed by atoms with Crippen molar-refractivity contribution in [2.75, 3.05) is 18.5 Å². The van der Waals surface area contributed by atoms with E-state index in [9.17, 15) is 19.5 Å². The van der Waals surface area contributed by atoms with E-state index < -0.39 is 11.9 Å². The highest BCUT2D eigenvalue weighted by atomic mass is 16.5. The summed E-state index contributed by atoms with van der Waals surface area (Å²) in [7, 11) is 0. The Labute approximate surface area is 174 Å². The van der Waals surface area contributed by atoms with Crippen LogP contribution >= 0.6 is 0 Å². The number of carbonyl (C=O) groups is 3. The first-order chi connectivity index (χ1) is 14.3. The number of anilines is 1. The number of ketones is 1. The van der Waals surface area contributed by atoms with Crippen LogP contribution in [0.15, 0.2) is 36.4 Å². The first kappa shape index (κ1) is 22.7. The summed E-state index contributed by atoms with van der Waals surface area (Å²) < 4.78 is 11.4. The molecule has 0 unspecified atom stereocenters. The smallest absolute Gasteiger partial charge is 0.394 e. The molecule has 8 heteroatoms. The number of aromatic hydroxyl groups is 1. The van der Waals surface area contributed by atoms with E-state index in [1.54, 1.807) is 36.4 Å². The number of benzene rings is 2. The summed E-state index contributed by atoms with van der Waals surface area (Å²) >= 11 is 0. The summed E-state index contributed by atoms with van der Waals surface area (Å²) in [4.78, 5) is 33.2. The van der Waals surface area contributed by atoms with Crippen LogP contribution in [0.25, 0.3) is 0 Å². The van der Waals surface area contributed by atoms with E-state index >= 15 is 0 Å². The van der Waals surface area contributed by atoms with Gasteiger partial charge in [-0.05, 0) is 49.7 Å². The number of amides is 1. The first-order valence-corrected chi connectivity index (χ1v) is 9.59. The summed E-state index contributed by atoms with van der Waals surface area (Å²) in [5.41, 5.74) is 1.28. The highest BCUT2D eigenvalue weighted by molar-refractivity contribution is 6.36. The minimum atomic E-state index is -1.55. The number of carbonyl (C=O) groups excluding carboxylic acids is 2. The molecule has 160 valence electrons. The second-order valence-corrected chi connectivity index (χ2v) is 6.58. The standard InChI is InChI=1S/C22H25NO7/c1-3-5-18-19(11-10-17(14(2)24)20(18)25)30-13-4-12-29-16-8-6-15(7-9-16)23-21(26)22(27)28/h6-11,25H,3-5,12-13H2,1-2H3,(H,23,26)(H,27,28). The lowest BCUT2D eigenvalue weighted by Crippen LogP contribution is -2.21. The molecule has 1 amide bonds. The Bertz CT molecular complexity index is 906. The van der Waals surface area contributed by atoms with Gasteiger partial charge in [-0.25, -0.2) is 4.79 Å². The van der Waals surface area contributed by atoms with Gasteiger partial charge in [-0.15, -0.1) is 0 Å². The molecule has 0 radical (unpaired) electrons. The van der Waals surface area contributed by atoms with Crippen molar-refractivity contribution in [1.29, 1.82) is 0 Å². The second kappa shape index (κ2) is 10.8. The molecule has 2 aromatic carbocycles. The van der Waals surface area contributed by atoms with Gasteiger partial charge in [0.2, 0.25) is 0 Å². The normalized spacial score (nSPS) is 10.3. The lowest BCUT2D eigenvalue weighted by molar-refractivity contribution is -0.147. The van der Waals surface area contributed by atoms with E-state index in [0.717, 1.165) is 6.42 Å². The zero-order chi connectivity index (χ0) is 22.1. The van der Waals surface area contributed by atoms with Crippen LogP contribution in [0.5, 0.6) is 17.2 Å². The topological polar surface area (TPSA) is 122 Å². The van der Waals surface area contributed by atoms with Gasteiger partial charge in [-0.3, -0.25) is 9.59 Å². The minimum Gasteiger partial charge on any atom is -0.507 e. The second-order valence-electron chi connectivity index (χ2n) is 6.58. The van der Waals surface area contributed by atoms with Gasteiger partial charge in [-0.2, -0.15) is 0 Å². The number of ether oxygens (including phenoxy) is 2. The molecule has 0 saturated carbocycles. The first-order valence-electron chi connectivity index (χ1n) is 9.59. The van der Waals surface area contributed by atoms with Gasteiger partial charge >= 0.3 is 11.9 Å². The Kier molecular flexibility index (Phi) is 8.22. The molecule has 0 aromatic heterocycles. The number of nitrogens with one attached hydrogen (secondary N) is 1. The predicted molar refractivity (Wildman–Crippen MR) is 110 cm³/mol. The van der Waals surface area contributed by atoms with E-state index in [2.05, 4.69) is 5.32 Å². The third kappa shape index (κ3) is 6.23. The predicted octanol–water partition coefficient (Wildman–Crippen LogP) is 3.42. The minimum absolute atomic E-state index is 0.0202.